The van der Waals surface area contributed by atoms with Gasteiger partial charge in [0.05, 0.1) is 44.1 Å². The van der Waals surface area contributed by atoms with E-state index in [4.69, 9.17) is 14.2 Å². The average molecular weight is 1740 g/mol. The number of ketones is 3. The molecule has 18 rings (SSSR count). The predicted octanol–water partition coefficient (Wildman–Crippen LogP) is 17.2. The zero-order chi connectivity index (χ0) is 84.3. The van der Waals surface area contributed by atoms with Gasteiger partial charge in [-0.3, -0.25) is 28.8 Å². The lowest BCUT2D eigenvalue weighted by atomic mass is 9.79. The van der Waals surface area contributed by atoms with Crippen molar-refractivity contribution in [1.29, 1.82) is 0 Å². The molecule has 9 aromatic carbocycles. The molecule has 121 heavy (non-hydrogen) atoms. The number of hydrogen-bond donors (Lipinski definition) is 0. The van der Waals surface area contributed by atoms with E-state index in [0.717, 1.165) is 132 Å². The number of piperidine rings is 2. The van der Waals surface area contributed by atoms with Crippen molar-refractivity contribution < 1.29 is 68.2 Å². The van der Waals surface area contributed by atoms with Gasteiger partial charge in [0.25, 0.3) is 37.8 Å². The summed E-state index contributed by atoms with van der Waals surface area (Å²) in [6, 6.07) is 62.8. The number of thiophene rings is 3. The molecule has 1 saturated carbocycles. The first kappa shape index (κ1) is 84.1. The largest absolute Gasteiger partial charge is 0.497 e. The Balaban J connectivity index is 0.000000135. The van der Waals surface area contributed by atoms with Crippen LogP contribution in [0.3, 0.4) is 0 Å². The molecule has 0 bridgehead atoms. The number of sulfone groups is 1. The second kappa shape index (κ2) is 36.2. The molecule has 3 aromatic heterocycles. The minimum absolute atomic E-state index is 0.00147. The van der Waals surface area contributed by atoms with E-state index >= 15 is 0 Å². The van der Waals surface area contributed by atoms with Gasteiger partial charge in [-0.05, 0) is 233 Å². The van der Waals surface area contributed by atoms with Crippen LogP contribution in [0.15, 0.2) is 229 Å². The topological polar surface area (TPSA) is 249 Å². The maximum absolute atomic E-state index is 13.5. The maximum Gasteiger partial charge on any atom is 0.259 e. The van der Waals surface area contributed by atoms with Gasteiger partial charge >= 0.3 is 0 Å². The standard InChI is InChI=1S/C33H33NO5S2.2C31H30N2O5S2/c1-39-26-14-9-22(10-15-26)17-18-34-29-16-13-25(27-4-2-5-28(32(27)29)33(34)36)20-30(35)24-11-7-23(8-12-24)21-41(37,38)31-6-3-19-40-31;1-38-24-12-9-21(10-13-24)15-17-33-27-14-11-22(25-6-2-7-26(30(25)27)31(33)35)19-28(34)23-5-3-16-32(20-23)40(36,37)29-8-4-18-39-29;1-38-24-10-7-21(8-11-24)13-18-33-27-12-9-23(25-4-2-5-26(30(25)27)31(33)35)20-28(34)22-14-16-32(17-15-22)40(36,37)29-6-3-19-39-29/h2-6,9-10,13-16,19,23-24H,7-8,11-12,17-18,20-21H2,1H3;2,4,6-14,18,23H,3,5,15-17,19-20H2,1H3;2-12,19,22H,13-18,20H2,1H3. The molecular weight excluding hydrogens is 1640 g/mol. The zero-order valence-corrected chi connectivity index (χ0v) is 72.4. The Hall–Kier alpha value is -10.6. The minimum atomic E-state index is -3.59. The predicted molar refractivity (Wildman–Crippen MR) is 477 cm³/mol. The fourth-order valence-corrected chi connectivity index (χ4v) is 26.0. The number of amides is 3. The first-order valence-electron chi connectivity index (χ1n) is 41.0. The first-order valence-corrected chi connectivity index (χ1v) is 48.1. The SMILES string of the molecule is COc1ccc(CCN2C(=O)c3cccc4c(CC(=O)C5CCC(CS(=O)(=O)c6cccs6)CC5)ccc2c34)cc1.COc1ccc(CCN2C(=O)c3cccc4c(CC(=O)C5CCCN(S(=O)(=O)c6cccs6)C5)ccc2c34)cc1.COc1ccc(CCN2C(=O)c3cccc4c(CC(=O)C5CCN(S(=O)(=O)c6cccs6)CC5)ccc2c34)cc1. The lowest BCUT2D eigenvalue weighted by molar-refractivity contribution is -0.124. The van der Waals surface area contributed by atoms with Crippen molar-refractivity contribution in [2.75, 3.05) is 87.6 Å². The quantitative estimate of drug-likeness (QED) is 0.0442. The molecule has 3 amide bonds. The summed E-state index contributed by atoms with van der Waals surface area (Å²) in [4.78, 5) is 85.9. The highest BCUT2D eigenvalue weighted by molar-refractivity contribution is 7.93. The Kier molecular flexibility index (Phi) is 25.2. The van der Waals surface area contributed by atoms with Crippen LogP contribution in [-0.2, 0) is 82.8 Å². The summed E-state index contributed by atoms with van der Waals surface area (Å²) in [7, 11) is -5.43. The summed E-state index contributed by atoms with van der Waals surface area (Å²) in [5.74, 6) is 2.38. The highest BCUT2D eigenvalue weighted by Gasteiger charge is 2.39. The Morgan fingerprint density at radius 3 is 1.09 bits per heavy atom. The van der Waals surface area contributed by atoms with Crippen molar-refractivity contribution in [2.45, 2.75) is 103 Å². The highest BCUT2D eigenvalue weighted by atomic mass is 32.3. The van der Waals surface area contributed by atoms with Crippen molar-refractivity contribution in [1.82, 2.24) is 8.61 Å². The Bertz CT molecular complexity index is 6250. The number of hydrogen-bond acceptors (Lipinski definition) is 18. The van der Waals surface area contributed by atoms with Crippen LogP contribution in [0, 0.1) is 23.7 Å². The lowest BCUT2D eigenvalue weighted by Crippen LogP contribution is -2.42. The number of Topliss-reactive ketones (excluding diaryl/α,β-unsaturated/α-hetero) is 3. The van der Waals surface area contributed by atoms with E-state index in [1.807, 2.05) is 178 Å². The van der Waals surface area contributed by atoms with E-state index in [9.17, 15) is 54.0 Å². The molecule has 0 radical (unpaired) electrons. The van der Waals surface area contributed by atoms with Crippen LogP contribution in [0.25, 0.3) is 32.3 Å². The molecule has 2 saturated heterocycles. The molecule has 8 heterocycles. The fraction of sp³-hybridized carbons (Fsp3) is 0.305. The van der Waals surface area contributed by atoms with Crippen LogP contribution in [0.5, 0.6) is 17.2 Å². The van der Waals surface area contributed by atoms with E-state index in [2.05, 4.69) is 0 Å². The Labute approximate surface area is 717 Å². The van der Waals surface area contributed by atoms with Crippen molar-refractivity contribution in [2.24, 2.45) is 23.7 Å². The van der Waals surface area contributed by atoms with E-state index in [1.165, 1.54) is 42.6 Å². The van der Waals surface area contributed by atoms with Crippen LogP contribution in [0.1, 0.15) is 116 Å². The number of carbonyl (C=O) groups is 6. The van der Waals surface area contributed by atoms with Crippen molar-refractivity contribution in [3.63, 3.8) is 0 Å². The van der Waals surface area contributed by atoms with Crippen LogP contribution < -0.4 is 28.9 Å². The Morgan fingerprint density at radius 1 is 0.372 bits per heavy atom. The number of anilines is 3. The van der Waals surface area contributed by atoms with Crippen LogP contribution in [0.2, 0.25) is 0 Å². The summed E-state index contributed by atoms with van der Waals surface area (Å²) in [6.45, 7) is 3.00. The number of nitrogens with zero attached hydrogens (tertiary/aromatic N) is 5. The smallest absolute Gasteiger partial charge is 0.259 e. The molecule has 3 fully saturated rings. The van der Waals surface area contributed by atoms with Crippen molar-refractivity contribution in [3.05, 3.63) is 266 Å². The lowest BCUT2D eigenvalue weighted by Gasteiger charge is -2.31. The minimum Gasteiger partial charge on any atom is -0.497 e. The second-order valence-corrected chi connectivity index (χ2v) is 41.1. The van der Waals surface area contributed by atoms with Gasteiger partial charge in [0.2, 0.25) is 0 Å². The molecule has 0 N–H and O–H groups in total. The number of sulfonamides is 2. The molecule has 1 unspecified atom stereocenters. The summed E-state index contributed by atoms with van der Waals surface area (Å²) in [5, 5.41) is 10.8. The number of rotatable bonds is 28. The number of methoxy groups -OCH3 is 3. The van der Waals surface area contributed by atoms with Gasteiger partial charge in [-0.25, -0.2) is 25.3 Å². The number of ether oxygens (including phenoxy) is 3. The summed E-state index contributed by atoms with van der Waals surface area (Å²) in [5.41, 5.74) is 10.8. The number of benzene rings is 9. The maximum atomic E-state index is 13.5. The molecule has 6 aliphatic rings. The van der Waals surface area contributed by atoms with Gasteiger partial charge in [-0.2, -0.15) is 8.61 Å². The molecule has 12 aromatic rings. The molecule has 1 atom stereocenters. The van der Waals surface area contributed by atoms with Crippen molar-refractivity contribution in [3.8, 4) is 17.2 Å². The molecule has 1 aliphatic carbocycles. The molecule has 20 nitrogen and oxygen atoms in total. The van der Waals surface area contributed by atoms with Gasteiger partial charge in [0.1, 0.15) is 47.2 Å². The highest BCUT2D eigenvalue weighted by Crippen LogP contribution is 2.45. The molecule has 0 spiro atoms. The van der Waals surface area contributed by atoms with E-state index < -0.39 is 29.9 Å². The summed E-state index contributed by atoms with van der Waals surface area (Å²) >= 11 is 3.68. The normalized spacial score (nSPS) is 17.4. The molecule has 624 valence electrons. The van der Waals surface area contributed by atoms with Gasteiger partial charge in [-0.1, -0.05) is 109 Å². The van der Waals surface area contributed by atoms with Crippen molar-refractivity contribution >= 4 is 148 Å². The summed E-state index contributed by atoms with van der Waals surface area (Å²) < 4.78 is 97.0. The third-order valence-electron chi connectivity index (χ3n) is 24.6. The van der Waals surface area contributed by atoms with Gasteiger partial charge in [-0.15, -0.1) is 34.0 Å². The van der Waals surface area contributed by atoms with Gasteiger partial charge in [0.15, 0.2) is 9.84 Å². The zero-order valence-electron chi connectivity index (χ0n) is 67.5. The summed E-state index contributed by atoms with van der Waals surface area (Å²) in [6.07, 6.45) is 8.26. The average Bonchev–Trinajstić information content (AvgIpc) is 1.63. The third-order valence-corrected chi connectivity index (χ3v) is 34.4. The van der Waals surface area contributed by atoms with Gasteiger partial charge in [0, 0.05) is 116 Å². The Morgan fingerprint density at radius 2 is 0.727 bits per heavy atom. The first-order chi connectivity index (χ1) is 58.6. The van der Waals surface area contributed by atoms with Crippen LogP contribution >= 0.6 is 34.0 Å². The second-order valence-electron chi connectivity index (χ2n) is 31.7. The molecule has 5 aliphatic heterocycles. The monoisotopic (exact) mass is 1740 g/mol. The number of carbonyl (C=O) groups excluding carboxylic acids is 6. The van der Waals surface area contributed by atoms with E-state index in [0.29, 0.717) is 114 Å². The van der Waals surface area contributed by atoms with Gasteiger partial charge < -0.3 is 28.9 Å². The fourth-order valence-electron chi connectivity index (χ4n) is 17.9. The van der Waals surface area contributed by atoms with E-state index in [-0.39, 0.29) is 83.9 Å². The van der Waals surface area contributed by atoms with Crippen LogP contribution in [-0.4, -0.2) is 142 Å². The molecular formula is C95H93N5O15S6. The third kappa shape index (κ3) is 17.7. The molecule has 26 heteroatoms. The van der Waals surface area contributed by atoms with Crippen LogP contribution in [0.4, 0.5) is 17.1 Å². The van der Waals surface area contributed by atoms with E-state index in [1.54, 1.807) is 73.9 Å².